The van der Waals surface area contributed by atoms with E-state index in [4.69, 9.17) is 0 Å². The van der Waals surface area contributed by atoms with Gasteiger partial charge in [0.1, 0.15) is 0 Å². The first-order valence-electron chi connectivity index (χ1n) is 11.1. The van der Waals surface area contributed by atoms with Crippen LogP contribution in [0.5, 0.6) is 0 Å². The monoisotopic (exact) mass is 405 g/mol. The van der Waals surface area contributed by atoms with E-state index in [1.54, 1.807) is 12.1 Å². The van der Waals surface area contributed by atoms with Gasteiger partial charge in [-0.15, -0.1) is 0 Å². The second-order valence-electron chi connectivity index (χ2n) is 8.75. The van der Waals surface area contributed by atoms with Crippen LogP contribution in [-0.4, -0.2) is 29.8 Å². The summed E-state index contributed by atoms with van der Waals surface area (Å²) in [7, 11) is 0. The predicted molar refractivity (Wildman–Crippen MR) is 119 cm³/mol. The lowest BCUT2D eigenvalue weighted by atomic mass is 9.98. The Balaban J connectivity index is 1.35. The summed E-state index contributed by atoms with van der Waals surface area (Å²) < 4.78 is 0. The van der Waals surface area contributed by atoms with Crippen LogP contribution in [0, 0.1) is 11.8 Å². The van der Waals surface area contributed by atoms with Crippen molar-refractivity contribution < 1.29 is 9.59 Å². The number of anilines is 1. The molecule has 1 heterocycles. The quantitative estimate of drug-likeness (QED) is 0.726. The highest BCUT2D eigenvalue weighted by Crippen LogP contribution is 2.30. The summed E-state index contributed by atoms with van der Waals surface area (Å²) in [5.74, 6) is 0.885. The van der Waals surface area contributed by atoms with Gasteiger partial charge in [0.25, 0.3) is 5.91 Å². The molecule has 0 unspecified atom stereocenters. The van der Waals surface area contributed by atoms with Crippen molar-refractivity contribution in [3.8, 4) is 0 Å². The van der Waals surface area contributed by atoms with Gasteiger partial charge >= 0.3 is 0 Å². The summed E-state index contributed by atoms with van der Waals surface area (Å²) in [6.45, 7) is 6.04. The van der Waals surface area contributed by atoms with E-state index in [0.29, 0.717) is 17.8 Å². The molecule has 158 valence electrons. The maximum absolute atomic E-state index is 12.7. The molecular weight excluding hydrogens is 374 g/mol. The van der Waals surface area contributed by atoms with Gasteiger partial charge < -0.3 is 10.6 Å². The minimum absolute atomic E-state index is 0.0496. The summed E-state index contributed by atoms with van der Waals surface area (Å²) >= 11 is 0. The minimum Gasteiger partial charge on any atom is -0.348 e. The van der Waals surface area contributed by atoms with Crippen molar-refractivity contribution in [3.05, 3.63) is 65.2 Å². The molecule has 2 N–H and O–H groups in total. The summed E-state index contributed by atoms with van der Waals surface area (Å²) in [6.07, 6.45) is 4.43. The number of nitrogens with zero attached hydrogens (tertiary/aromatic N) is 1. The van der Waals surface area contributed by atoms with E-state index in [2.05, 4.69) is 40.7 Å². The molecule has 1 saturated carbocycles. The van der Waals surface area contributed by atoms with Crippen molar-refractivity contribution in [2.24, 2.45) is 11.8 Å². The first-order valence-corrected chi connectivity index (χ1v) is 11.1. The SMILES string of the molecule is CC1CCN(Cc2ccccc2CNC(=O)c2cccc(NC(=O)C3CC3)c2)CC1. The molecule has 1 aliphatic heterocycles. The summed E-state index contributed by atoms with van der Waals surface area (Å²) in [6, 6.07) is 15.5. The lowest BCUT2D eigenvalue weighted by Crippen LogP contribution is -2.33. The molecule has 4 rings (SSSR count). The molecule has 2 aromatic rings. The van der Waals surface area contributed by atoms with Crippen molar-refractivity contribution in [1.82, 2.24) is 10.2 Å². The van der Waals surface area contributed by atoms with Crippen LogP contribution >= 0.6 is 0 Å². The molecule has 0 atom stereocenters. The van der Waals surface area contributed by atoms with Gasteiger partial charge in [0.2, 0.25) is 5.91 Å². The number of carbonyl (C=O) groups is 2. The number of rotatable bonds is 7. The molecule has 0 spiro atoms. The molecule has 2 fully saturated rings. The third-order valence-corrected chi connectivity index (χ3v) is 6.17. The van der Waals surface area contributed by atoms with Crippen molar-refractivity contribution in [1.29, 1.82) is 0 Å². The number of likely N-dealkylation sites (tertiary alicyclic amines) is 1. The highest BCUT2D eigenvalue weighted by atomic mass is 16.2. The minimum atomic E-state index is -0.126. The van der Waals surface area contributed by atoms with Crippen LogP contribution < -0.4 is 10.6 Å². The van der Waals surface area contributed by atoms with E-state index in [-0.39, 0.29) is 17.7 Å². The highest BCUT2D eigenvalue weighted by molar-refractivity contribution is 5.98. The largest absolute Gasteiger partial charge is 0.348 e. The normalized spacial score (nSPS) is 17.5. The van der Waals surface area contributed by atoms with E-state index >= 15 is 0 Å². The highest BCUT2D eigenvalue weighted by Gasteiger charge is 2.29. The van der Waals surface area contributed by atoms with E-state index in [9.17, 15) is 9.59 Å². The van der Waals surface area contributed by atoms with E-state index < -0.39 is 0 Å². The zero-order valence-electron chi connectivity index (χ0n) is 17.7. The molecule has 30 heavy (non-hydrogen) atoms. The fraction of sp³-hybridized carbons (Fsp3) is 0.440. The Bertz CT molecular complexity index is 899. The summed E-state index contributed by atoms with van der Waals surface area (Å²) in [4.78, 5) is 27.2. The second kappa shape index (κ2) is 9.43. The number of piperidine rings is 1. The van der Waals surface area contributed by atoms with Gasteiger partial charge in [0.15, 0.2) is 0 Å². The van der Waals surface area contributed by atoms with Crippen LogP contribution in [0.4, 0.5) is 5.69 Å². The van der Waals surface area contributed by atoms with E-state index in [1.165, 1.54) is 18.4 Å². The van der Waals surface area contributed by atoms with Gasteiger partial charge in [0.05, 0.1) is 0 Å². The Labute approximate surface area is 178 Å². The van der Waals surface area contributed by atoms with Crippen molar-refractivity contribution in [2.75, 3.05) is 18.4 Å². The van der Waals surface area contributed by atoms with Crippen molar-refractivity contribution >= 4 is 17.5 Å². The van der Waals surface area contributed by atoms with Crippen LogP contribution in [0.2, 0.25) is 0 Å². The lowest BCUT2D eigenvalue weighted by molar-refractivity contribution is -0.117. The topological polar surface area (TPSA) is 61.4 Å². The fourth-order valence-corrected chi connectivity index (χ4v) is 3.95. The molecule has 0 radical (unpaired) electrons. The molecule has 5 nitrogen and oxygen atoms in total. The number of amides is 2. The molecule has 0 bridgehead atoms. The van der Waals surface area contributed by atoms with Gasteiger partial charge in [-0.05, 0) is 74.0 Å². The van der Waals surface area contributed by atoms with Crippen molar-refractivity contribution in [3.63, 3.8) is 0 Å². The van der Waals surface area contributed by atoms with Crippen molar-refractivity contribution in [2.45, 2.75) is 45.7 Å². The molecule has 1 saturated heterocycles. The number of carbonyl (C=O) groups excluding carboxylic acids is 2. The standard InChI is InChI=1S/C25H31N3O2/c1-18-11-13-28(14-12-18)17-22-6-3-2-5-21(22)16-26-24(29)20-7-4-8-23(15-20)27-25(30)19-9-10-19/h2-8,15,18-19H,9-14,16-17H2,1H3,(H,26,29)(H,27,30). The first-order chi connectivity index (χ1) is 14.6. The zero-order chi connectivity index (χ0) is 20.9. The average Bonchev–Trinajstić information content (AvgIpc) is 3.60. The number of hydrogen-bond acceptors (Lipinski definition) is 3. The third-order valence-electron chi connectivity index (χ3n) is 6.17. The van der Waals surface area contributed by atoms with Crippen LogP contribution in [0.1, 0.15) is 54.1 Å². The van der Waals surface area contributed by atoms with Gasteiger partial charge in [-0.2, -0.15) is 0 Å². The van der Waals surface area contributed by atoms with Crippen LogP contribution in [0.15, 0.2) is 48.5 Å². The predicted octanol–water partition coefficient (Wildman–Crippen LogP) is 4.20. The summed E-state index contributed by atoms with van der Waals surface area (Å²) in [5.41, 5.74) is 3.67. The Morgan fingerprint density at radius 2 is 1.70 bits per heavy atom. The maximum Gasteiger partial charge on any atom is 0.251 e. The smallest absolute Gasteiger partial charge is 0.251 e. The number of benzene rings is 2. The first kappa shape index (κ1) is 20.6. The Hall–Kier alpha value is -2.66. The Morgan fingerprint density at radius 1 is 0.967 bits per heavy atom. The van der Waals surface area contributed by atoms with Crippen LogP contribution in [0.3, 0.4) is 0 Å². The molecule has 2 amide bonds. The third kappa shape index (κ3) is 5.48. The molecule has 2 aliphatic rings. The second-order valence-corrected chi connectivity index (χ2v) is 8.75. The van der Waals surface area contributed by atoms with Crippen LogP contribution in [-0.2, 0) is 17.9 Å². The van der Waals surface area contributed by atoms with E-state index in [0.717, 1.165) is 44.0 Å². The lowest BCUT2D eigenvalue weighted by Gasteiger charge is -2.30. The van der Waals surface area contributed by atoms with Gasteiger partial charge in [-0.1, -0.05) is 37.3 Å². The van der Waals surface area contributed by atoms with E-state index in [1.807, 2.05) is 18.2 Å². The summed E-state index contributed by atoms with van der Waals surface area (Å²) in [5, 5.41) is 5.95. The Kier molecular flexibility index (Phi) is 6.48. The molecular formula is C25H31N3O2. The van der Waals surface area contributed by atoms with Gasteiger partial charge in [0, 0.05) is 30.3 Å². The van der Waals surface area contributed by atoms with Gasteiger partial charge in [-0.3, -0.25) is 14.5 Å². The van der Waals surface area contributed by atoms with Gasteiger partial charge in [-0.25, -0.2) is 0 Å². The molecule has 5 heteroatoms. The molecule has 0 aromatic heterocycles. The average molecular weight is 406 g/mol. The number of hydrogen-bond donors (Lipinski definition) is 2. The fourth-order valence-electron chi connectivity index (χ4n) is 3.95. The number of nitrogens with one attached hydrogen (secondary N) is 2. The Morgan fingerprint density at radius 3 is 2.43 bits per heavy atom. The maximum atomic E-state index is 12.7. The zero-order valence-corrected chi connectivity index (χ0v) is 17.7. The molecule has 2 aromatic carbocycles. The molecule has 1 aliphatic carbocycles. The van der Waals surface area contributed by atoms with Crippen LogP contribution in [0.25, 0.3) is 0 Å².